The van der Waals surface area contributed by atoms with Crippen LogP contribution in [0.25, 0.3) is 10.8 Å². The fourth-order valence-electron chi connectivity index (χ4n) is 6.64. The van der Waals surface area contributed by atoms with Crippen LogP contribution in [0.15, 0.2) is 49.1 Å². The van der Waals surface area contributed by atoms with E-state index < -0.39 is 0 Å². The molecule has 2 aromatic carbocycles. The average molecular weight is 541 g/mol. The first-order chi connectivity index (χ1) is 19.4. The van der Waals surface area contributed by atoms with E-state index in [1.165, 1.54) is 40.1 Å². The van der Waals surface area contributed by atoms with Crippen LogP contribution in [0.4, 0.5) is 11.5 Å². The molecule has 3 aliphatic rings. The maximum absolute atomic E-state index is 12.4. The topological polar surface area (TPSA) is 65.0 Å². The molecule has 6 rings (SSSR count). The summed E-state index contributed by atoms with van der Waals surface area (Å²) in [6, 6.07) is 14.0. The number of benzene rings is 2. The predicted molar refractivity (Wildman–Crippen MR) is 160 cm³/mol. The summed E-state index contributed by atoms with van der Waals surface area (Å²) in [5.74, 6) is 0.952. The van der Waals surface area contributed by atoms with Gasteiger partial charge in [-0.25, -0.2) is 0 Å². The lowest BCUT2D eigenvalue weighted by atomic mass is 9.99. The van der Waals surface area contributed by atoms with Crippen LogP contribution in [0.1, 0.15) is 36.6 Å². The number of piperazine rings is 1. The molecule has 2 saturated heterocycles. The fourth-order valence-corrected chi connectivity index (χ4v) is 6.64. The van der Waals surface area contributed by atoms with Gasteiger partial charge in [-0.15, -0.1) is 0 Å². The minimum absolute atomic E-state index is 0.0115. The third-order valence-corrected chi connectivity index (χ3v) is 8.92. The molecule has 0 saturated carbocycles. The summed E-state index contributed by atoms with van der Waals surface area (Å²) in [5.41, 5.74) is 4.78. The van der Waals surface area contributed by atoms with Crippen molar-refractivity contribution in [2.75, 3.05) is 56.2 Å². The van der Waals surface area contributed by atoms with E-state index >= 15 is 0 Å². The first-order valence-electron chi connectivity index (χ1n) is 14.6. The van der Waals surface area contributed by atoms with E-state index in [0.717, 1.165) is 50.5 Å². The van der Waals surface area contributed by atoms with Crippen molar-refractivity contribution in [2.24, 2.45) is 0 Å². The molecule has 210 valence electrons. The van der Waals surface area contributed by atoms with Gasteiger partial charge in [0.1, 0.15) is 12.4 Å². The summed E-state index contributed by atoms with van der Waals surface area (Å²) in [6.07, 6.45) is 4.61. The van der Waals surface area contributed by atoms with Gasteiger partial charge < -0.3 is 24.3 Å². The van der Waals surface area contributed by atoms with Crippen molar-refractivity contribution in [1.29, 1.82) is 0 Å². The van der Waals surface area contributed by atoms with Crippen LogP contribution < -0.4 is 14.5 Å². The third-order valence-electron chi connectivity index (χ3n) is 8.92. The fraction of sp³-hybridized carbons (Fsp3) is 0.469. The maximum Gasteiger partial charge on any atom is 0.318 e. The van der Waals surface area contributed by atoms with Gasteiger partial charge in [0, 0.05) is 54.9 Å². The number of hydrogen-bond acceptors (Lipinski definition) is 7. The molecule has 40 heavy (non-hydrogen) atoms. The van der Waals surface area contributed by atoms with Crippen LogP contribution in [-0.4, -0.2) is 84.1 Å². The zero-order valence-corrected chi connectivity index (χ0v) is 24.0. The van der Waals surface area contributed by atoms with E-state index in [1.54, 1.807) is 0 Å². The van der Waals surface area contributed by atoms with Crippen molar-refractivity contribution in [3.63, 3.8) is 0 Å². The highest BCUT2D eigenvalue weighted by Crippen LogP contribution is 2.36. The zero-order chi connectivity index (χ0) is 27.8. The molecule has 1 aromatic heterocycles. The molecular formula is C32H40N6O2. The van der Waals surface area contributed by atoms with Crippen LogP contribution in [0.2, 0.25) is 0 Å². The maximum atomic E-state index is 12.4. The number of hydrogen-bond donors (Lipinski definition) is 0. The molecule has 0 radical (unpaired) electrons. The smallest absolute Gasteiger partial charge is 0.318 e. The van der Waals surface area contributed by atoms with E-state index in [0.29, 0.717) is 31.7 Å². The van der Waals surface area contributed by atoms with Crippen molar-refractivity contribution < 1.29 is 9.53 Å². The van der Waals surface area contributed by atoms with Gasteiger partial charge >= 0.3 is 6.01 Å². The summed E-state index contributed by atoms with van der Waals surface area (Å²) in [5, 5.41) is 2.57. The minimum atomic E-state index is -0.0115. The summed E-state index contributed by atoms with van der Waals surface area (Å²) in [7, 11) is 2.16. The highest BCUT2D eigenvalue weighted by atomic mass is 16.5. The standard InChI is InChI=1S/C32H40N6O2/c1-5-29(39)38-18-17-37(19-23(38)3)31-26-14-16-36(28-13-7-11-24-10-6-9-22(2)30(24)28)20-27(26)33-32(34-31)40-21-25-12-8-15-35(25)4/h5-7,9-11,13,23,25H,1,8,12,14-21H2,2-4H3/t23-,25-/m0/s1. The summed E-state index contributed by atoms with van der Waals surface area (Å²) in [4.78, 5) is 31.4. The Balaban J connectivity index is 1.33. The van der Waals surface area contributed by atoms with Gasteiger partial charge in [0.25, 0.3) is 0 Å². The Morgan fingerprint density at radius 1 is 1.10 bits per heavy atom. The second-order valence-corrected chi connectivity index (χ2v) is 11.5. The second kappa shape index (κ2) is 11.1. The molecular weight excluding hydrogens is 500 g/mol. The zero-order valence-electron chi connectivity index (χ0n) is 24.0. The van der Waals surface area contributed by atoms with Crippen LogP contribution in [0, 0.1) is 6.92 Å². The van der Waals surface area contributed by atoms with Crippen LogP contribution in [0.3, 0.4) is 0 Å². The van der Waals surface area contributed by atoms with E-state index in [-0.39, 0.29) is 11.9 Å². The lowest BCUT2D eigenvalue weighted by molar-refractivity contribution is -0.128. The van der Waals surface area contributed by atoms with Crippen molar-refractivity contribution in [3.05, 3.63) is 65.9 Å². The van der Waals surface area contributed by atoms with E-state index in [9.17, 15) is 4.79 Å². The molecule has 1 amide bonds. The lowest BCUT2D eigenvalue weighted by Crippen LogP contribution is -2.54. The largest absolute Gasteiger partial charge is 0.462 e. The average Bonchev–Trinajstić information content (AvgIpc) is 3.39. The molecule has 8 heteroatoms. The number of rotatable bonds is 6. The third kappa shape index (κ3) is 5.01. The molecule has 2 atom stereocenters. The Morgan fingerprint density at radius 2 is 1.93 bits per heavy atom. The van der Waals surface area contributed by atoms with Gasteiger partial charge in [-0.2, -0.15) is 9.97 Å². The molecule has 4 heterocycles. The SMILES string of the molecule is C=CC(=O)N1CCN(c2nc(OC[C@@H]3CCCN3C)nc3c2CCN(c2cccc4cccc(C)c24)C3)C[C@@H]1C. The number of nitrogens with zero attached hydrogens (tertiary/aromatic N) is 6. The van der Waals surface area contributed by atoms with Crippen LogP contribution >= 0.6 is 0 Å². The number of carbonyl (C=O) groups is 1. The van der Waals surface area contributed by atoms with E-state index in [4.69, 9.17) is 14.7 Å². The highest BCUT2D eigenvalue weighted by Gasteiger charge is 2.32. The molecule has 8 nitrogen and oxygen atoms in total. The minimum Gasteiger partial charge on any atom is -0.462 e. The number of fused-ring (bicyclic) bond motifs is 2. The molecule has 2 fully saturated rings. The molecule has 3 aromatic rings. The summed E-state index contributed by atoms with van der Waals surface area (Å²) < 4.78 is 6.30. The summed E-state index contributed by atoms with van der Waals surface area (Å²) in [6.45, 7) is 13.4. The molecule has 0 unspecified atom stereocenters. The number of likely N-dealkylation sites (tertiary alicyclic amines) is 1. The Labute approximate surface area is 237 Å². The first-order valence-corrected chi connectivity index (χ1v) is 14.6. The van der Waals surface area contributed by atoms with E-state index in [2.05, 4.69) is 78.6 Å². The van der Waals surface area contributed by atoms with Gasteiger partial charge in [-0.05, 0) is 69.8 Å². The molecule has 0 N–H and O–H groups in total. The van der Waals surface area contributed by atoms with Crippen LogP contribution in [0.5, 0.6) is 6.01 Å². The van der Waals surface area contributed by atoms with Gasteiger partial charge in [-0.3, -0.25) is 4.79 Å². The molecule has 0 aliphatic carbocycles. The Bertz CT molecular complexity index is 1420. The molecule has 3 aliphatic heterocycles. The summed E-state index contributed by atoms with van der Waals surface area (Å²) >= 11 is 0. The number of amides is 1. The van der Waals surface area contributed by atoms with Crippen molar-refractivity contribution >= 4 is 28.2 Å². The van der Waals surface area contributed by atoms with Gasteiger partial charge in [0.2, 0.25) is 5.91 Å². The number of aryl methyl sites for hydroxylation is 1. The predicted octanol–water partition coefficient (Wildman–Crippen LogP) is 4.20. The van der Waals surface area contributed by atoms with Gasteiger partial charge in [0.15, 0.2) is 0 Å². The number of anilines is 2. The van der Waals surface area contributed by atoms with Crippen LogP contribution in [-0.2, 0) is 17.8 Å². The first kappa shape index (κ1) is 26.6. The normalized spacial score (nSPS) is 21.5. The quantitative estimate of drug-likeness (QED) is 0.434. The number of aromatic nitrogens is 2. The van der Waals surface area contributed by atoms with E-state index in [1.807, 2.05) is 4.90 Å². The molecule has 0 bridgehead atoms. The Kier molecular flexibility index (Phi) is 7.36. The van der Waals surface area contributed by atoms with Gasteiger partial charge in [0.05, 0.1) is 12.2 Å². The number of ether oxygens (including phenoxy) is 1. The number of carbonyl (C=O) groups excluding carboxylic acids is 1. The number of likely N-dealkylation sites (N-methyl/N-ethyl adjacent to an activating group) is 1. The Hall–Kier alpha value is -3.65. The highest BCUT2D eigenvalue weighted by molar-refractivity contribution is 5.97. The second-order valence-electron chi connectivity index (χ2n) is 11.5. The van der Waals surface area contributed by atoms with Crippen molar-refractivity contribution in [1.82, 2.24) is 19.8 Å². The van der Waals surface area contributed by atoms with Crippen molar-refractivity contribution in [3.8, 4) is 6.01 Å². The van der Waals surface area contributed by atoms with Gasteiger partial charge in [-0.1, -0.05) is 36.9 Å². The van der Waals surface area contributed by atoms with Crippen molar-refractivity contribution in [2.45, 2.75) is 51.7 Å². The Morgan fingerprint density at radius 3 is 2.67 bits per heavy atom. The monoisotopic (exact) mass is 540 g/mol. The lowest BCUT2D eigenvalue weighted by Gasteiger charge is -2.41. The molecule has 0 spiro atoms.